The standard InChI is InChI=1S/C12H19N3OS2/c1-5-7-14-11(16)9-8(13)10(17-4)12(18-9)15(3)6-2/h5H,1,6-7,13H2,2-4H3,(H,14,16). The van der Waals surface area contributed by atoms with Gasteiger partial charge in [-0.05, 0) is 13.2 Å². The number of carbonyl (C=O) groups excluding carboxylic acids is 1. The lowest BCUT2D eigenvalue weighted by molar-refractivity contribution is 0.0963. The van der Waals surface area contributed by atoms with Crippen LogP contribution in [0.4, 0.5) is 10.7 Å². The van der Waals surface area contributed by atoms with E-state index in [2.05, 4.69) is 23.7 Å². The molecule has 6 heteroatoms. The highest BCUT2D eigenvalue weighted by Gasteiger charge is 2.21. The van der Waals surface area contributed by atoms with Gasteiger partial charge in [0.05, 0.1) is 10.6 Å². The SMILES string of the molecule is C=CCNC(=O)c1sc(N(C)CC)c(SC)c1N. The van der Waals surface area contributed by atoms with Crippen LogP contribution in [0.3, 0.4) is 0 Å². The molecule has 0 radical (unpaired) electrons. The minimum atomic E-state index is -0.136. The zero-order valence-electron chi connectivity index (χ0n) is 10.9. The molecule has 1 rings (SSSR count). The lowest BCUT2D eigenvalue weighted by Gasteiger charge is -2.15. The van der Waals surface area contributed by atoms with Gasteiger partial charge >= 0.3 is 0 Å². The average molecular weight is 285 g/mol. The number of amides is 1. The number of anilines is 2. The molecule has 1 aromatic rings. The molecule has 1 aromatic heterocycles. The van der Waals surface area contributed by atoms with Crippen LogP contribution in [-0.4, -0.2) is 32.3 Å². The fourth-order valence-corrected chi connectivity index (χ4v) is 3.57. The summed E-state index contributed by atoms with van der Waals surface area (Å²) in [7, 11) is 2.00. The molecule has 0 saturated heterocycles. The highest BCUT2D eigenvalue weighted by Crippen LogP contribution is 2.43. The molecule has 1 heterocycles. The van der Waals surface area contributed by atoms with E-state index in [-0.39, 0.29) is 5.91 Å². The van der Waals surface area contributed by atoms with E-state index in [0.717, 1.165) is 16.4 Å². The Morgan fingerprint density at radius 3 is 2.83 bits per heavy atom. The van der Waals surface area contributed by atoms with Crippen molar-refractivity contribution in [1.82, 2.24) is 5.32 Å². The van der Waals surface area contributed by atoms with Gasteiger partial charge in [0, 0.05) is 20.1 Å². The second-order valence-electron chi connectivity index (χ2n) is 3.70. The second-order valence-corrected chi connectivity index (χ2v) is 5.51. The fraction of sp³-hybridized carbons (Fsp3) is 0.417. The molecule has 0 saturated carbocycles. The smallest absolute Gasteiger partial charge is 0.263 e. The van der Waals surface area contributed by atoms with Crippen LogP contribution in [0.25, 0.3) is 0 Å². The van der Waals surface area contributed by atoms with Crippen LogP contribution < -0.4 is 16.0 Å². The predicted molar refractivity (Wildman–Crippen MR) is 82.0 cm³/mol. The summed E-state index contributed by atoms with van der Waals surface area (Å²) in [4.78, 5) is 15.6. The normalized spacial score (nSPS) is 10.2. The van der Waals surface area contributed by atoms with Crippen LogP contribution in [0, 0.1) is 0 Å². The van der Waals surface area contributed by atoms with Crippen molar-refractivity contribution in [1.29, 1.82) is 0 Å². The first-order chi connectivity index (χ1) is 8.56. The molecular weight excluding hydrogens is 266 g/mol. The van der Waals surface area contributed by atoms with Gasteiger partial charge in [-0.2, -0.15) is 0 Å². The Kier molecular flexibility index (Phi) is 5.55. The van der Waals surface area contributed by atoms with Gasteiger partial charge in [0.2, 0.25) is 0 Å². The number of nitrogens with one attached hydrogen (secondary N) is 1. The summed E-state index contributed by atoms with van der Waals surface area (Å²) in [5.74, 6) is -0.136. The molecule has 18 heavy (non-hydrogen) atoms. The molecule has 0 atom stereocenters. The van der Waals surface area contributed by atoms with Gasteiger partial charge in [-0.1, -0.05) is 6.08 Å². The minimum Gasteiger partial charge on any atom is -0.396 e. The summed E-state index contributed by atoms with van der Waals surface area (Å²) in [6.07, 6.45) is 3.62. The second kappa shape index (κ2) is 6.70. The number of hydrogen-bond acceptors (Lipinski definition) is 5. The van der Waals surface area contributed by atoms with E-state index in [4.69, 9.17) is 5.73 Å². The van der Waals surface area contributed by atoms with E-state index in [9.17, 15) is 4.79 Å². The maximum absolute atomic E-state index is 12.0. The van der Waals surface area contributed by atoms with Crippen LogP contribution in [-0.2, 0) is 0 Å². The van der Waals surface area contributed by atoms with Crippen LogP contribution >= 0.6 is 23.1 Å². The Morgan fingerprint density at radius 1 is 1.67 bits per heavy atom. The molecule has 0 fully saturated rings. The number of carbonyl (C=O) groups is 1. The molecule has 0 bridgehead atoms. The van der Waals surface area contributed by atoms with Crippen molar-refractivity contribution in [2.24, 2.45) is 0 Å². The number of thioether (sulfide) groups is 1. The molecule has 0 aromatic carbocycles. The van der Waals surface area contributed by atoms with Gasteiger partial charge < -0.3 is 16.0 Å². The van der Waals surface area contributed by atoms with Crippen LogP contribution in [0.2, 0.25) is 0 Å². The first kappa shape index (κ1) is 14.9. The third kappa shape index (κ3) is 3.00. The van der Waals surface area contributed by atoms with Gasteiger partial charge in [-0.25, -0.2) is 0 Å². The predicted octanol–water partition coefficient (Wildman–Crippen LogP) is 2.42. The van der Waals surface area contributed by atoms with Crippen LogP contribution in [0.15, 0.2) is 17.6 Å². The number of hydrogen-bond donors (Lipinski definition) is 2. The zero-order chi connectivity index (χ0) is 13.7. The number of rotatable bonds is 6. The molecule has 4 nitrogen and oxygen atoms in total. The number of nitrogen functional groups attached to an aromatic ring is 1. The Hall–Kier alpha value is -1.14. The van der Waals surface area contributed by atoms with Gasteiger partial charge in [0.1, 0.15) is 9.88 Å². The average Bonchev–Trinajstić information content (AvgIpc) is 2.72. The molecule has 1 amide bonds. The van der Waals surface area contributed by atoms with Crippen molar-refractivity contribution in [3.8, 4) is 0 Å². The van der Waals surface area contributed by atoms with Gasteiger partial charge in [0.15, 0.2) is 0 Å². The number of nitrogens with two attached hydrogens (primary N) is 1. The maximum atomic E-state index is 12.0. The van der Waals surface area contributed by atoms with Gasteiger partial charge in [0.25, 0.3) is 5.91 Å². The summed E-state index contributed by atoms with van der Waals surface area (Å²) in [5.41, 5.74) is 6.63. The molecule has 3 N–H and O–H groups in total. The number of thiophene rings is 1. The third-order valence-corrected chi connectivity index (χ3v) is 4.79. The van der Waals surface area contributed by atoms with Gasteiger partial charge in [-0.3, -0.25) is 4.79 Å². The Labute approximate surface area is 116 Å². The molecular formula is C12H19N3OS2. The Morgan fingerprint density at radius 2 is 2.33 bits per heavy atom. The van der Waals surface area contributed by atoms with Gasteiger partial charge in [-0.15, -0.1) is 29.7 Å². The van der Waals surface area contributed by atoms with Crippen molar-refractivity contribution in [3.05, 3.63) is 17.5 Å². The van der Waals surface area contributed by atoms with E-state index < -0.39 is 0 Å². The highest BCUT2D eigenvalue weighted by molar-refractivity contribution is 7.99. The van der Waals surface area contributed by atoms with Crippen molar-refractivity contribution in [2.45, 2.75) is 11.8 Å². The third-order valence-electron chi connectivity index (χ3n) is 2.52. The van der Waals surface area contributed by atoms with Crippen molar-refractivity contribution >= 4 is 39.7 Å². The van der Waals surface area contributed by atoms with Crippen molar-refractivity contribution in [3.63, 3.8) is 0 Å². The lowest BCUT2D eigenvalue weighted by Crippen LogP contribution is -2.23. The van der Waals surface area contributed by atoms with E-state index in [1.807, 2.05) is 13.3 Å². The van der Waals surface area contributed by atoms with Crippen molar-refractivity contribution < 1.29 is 4.79 Å². The molecule has 0 aliphatic rings. The quantitative estimate of drug-likeness (QED) is 0.622. The summed E-state index contributed by atoms with van der Waals surface area (Å²) in [6, 6.07) is 0. The molecule has 0 aliphatic heterocycles. The molecule has 0 unspecified atom stereocenters. The van der Waals surface area contributed by atoms with Crippen LogP contribution in [0.1, 0.15) is 16.6 Å². The topological polar surface area (TPSA) is 58.4 Å². The largest absolute Gasteiger partial charge is 0.396 e. The van der Waals surface area contributed by atoms with E-state index in [1.165, 1.54) is 11.3 Å². The van der Waals surface area contributed by atoms with E-state index in [0.29, 0.717) is 17.1 Å². The summed E-state index contributed by atoms with van der Waals surface area (Å²) < 4.78 is 0. The fourth-order valence-electron chi connectivity index (χ4n) is 1.42. The van der Waals surface area contributed by atoms with Crippen LogP contribution in [0.5, 0.6) is 0 Å². The Bertz CT molecular complexity index is 443. The van der Waals surface area contributed by atoms with E-state index in [1.54, 1.807) is 17.8 Å². The number of nitrogens with zero attached hydrogens (tertiary/aromatic N) is 1. The highest BCUT2D eigenvalue weighted by atomic mass is 32.2. The maximum Gasteiger partial charge on any atom is 0.263 e. The lowest BCUT2D eigenvalue weighted by atomic mass is 10.3. The minimum absolute atomic E-state index is 0.136. The first-order valence-electron chi connectivity index (χ1n) is 5.63. The molecule has 100 valence electrons. The summed E-state index contributed by atoms with van der Waals surface area (Å²) in [5, 5.41) is 3.80. The molecule has 0 aliphatic carbocycles. The summed E-state index contributed by atoms with van der Waals surface area (Å²) >= 11 is 3.01. The summed E-state index contributed by atoms with van der Waals surface area (Å²) in [6.45, 7) is 6.97. The monoisotopic (exact) mass is 285 g/mol. The molecule has 0 spiro atoms. The van der Waals surface area contributed by atoms with E-state index >= 15 is 0 Å². The zero-order valence-corrected chi connectivity index (χ0v) is 12.6. The first-order valence-corrected chi connectivity index (χ1v) is 7.67. The Balaban J connectivity index is 3.10. The van der Waals surface area contributed by atoms with Crippen molar-refractivity contribution in [2.75, 3.05) is 37.0 Å².